The highest BCUT2D eigenvalue weighted by molar-refractivity contribution is 7.14. The van der Waals surface area contributed by atoms with Crippen molar-refractivity contribution < 1.29 is 14.1 Å². The van der Waals surface area contributed by atoms with Crippen molar-refractivity contribution in [3.05, 3.63) is 64.8 Å². The summed E-state index contributed by atoms with van der Waals surface area (Å²) in [6, 6.07) is 12.5. The van der Waals surface area contributed by atoms with Gasteiger partial charge in [0.15, 0.2) is 11.7 Å². The first-order chi connectivity index (χ1) is 14.5. The molecule has 2 heterocycles. The van der Waals surface area contributed by atoms with E-state index in [2.05, 4.69) is 16.3 Å². The standard InChI is InChI=1S/C23H25FN4OS/c1-16-11-17(2)13-20(12-16)25-22(29)14-27-7-9-28(10-8-27)23-26-21(15-30-23)18-3-5-19(24)6-4-18/h3-6,11-13,15H,7-10,14H2,1-2H3,(H,25,29)/p+1. The summed E-state index contributed by atoms with van der Waals surface area (Å²) >= 11 is 1.61. The molecule has 156 valence electrons. The van der Waals surface area contributed by atoms with E-state index in [1.807, 2.05) is 31.4 Å². The van der Waals surface area contributed by atoms with E-state index in [1.165, 1.54) is 17.0 Å². The number of carbonyl (C=O) groups is 1. The molecule has 0 radical (unpaired) electrons. The van der Waals surface area contributed by atoms with E-state index in [0.29, 0.717) is 6.54 Å². The Morgan fingerprint density at radius 2 is 1.80 bits per heavy atom. The Morgan fingerprint density at radius 1 is 1.13 bits per heavy atom. The number of aromatic nitrogens is 1. The van der Waals surface area contributed by atoms with Crippen molar-refractivity contribution in [2.45, 2.75) is 13.8 Å². The number of benzene rings is 2. The molecule has 1 aromatic heterocycles. The van der Waals surface area contributed by atoms with Gasteiger partial charge in [-0.3, -0.25) is 4.79 Å². The van der Waals surface area contributed by atoms with E-state index in [4.69, 9.17) is 4.98 Å². The zero-order valence-corrected chi connectivity index (χ0v) is 18.1. The van der Waals surface area contributed by atoms with Crippen molar-refractivity contribution >= 4 is 28.1 Å². The number of rotatable bonds is 5. The quantitative estimate of drug-likeness (QED) is 0.661. The van der Waals surface area contributed by atoms with Crippen molar-refractivity contribution in [3.8, 4) is 11.3 Å². The molecule has 1 aliphatic heterocycles. The Kier molecular flexibility index (Phi) is 6.11. The van der Waals surface area contributed by atoms with Gasteiger partial charge in [0.2, 0.25) is 0 Å². The third kappa shape index (κ3) is 5.04. The molecule has 2 N–H and O–H groups in total. The van der Waals surface area contributed by atoms with Gasteiger partial charge in [-0.1, -0.05) is 6.07 Å². The van der Waals surface area contributed by atoms with E-state index >= 15 is 0 Å². The SMILES string of the molecule is Cc1cc(C)cc(NC(=O)C[NH+]2CCN(c3nc(-c4ccc(F)cc4)cs3)CC2)c1. The van der Waals surface area contributed by atoms with Crippen LogP contribution in [0, 0.1) is 19.7 Å². The second-order valence-corrected chi connectivity index (χ2v) is 8.70. The van der Waals surface area contributed by atoms with Crippen molar-refractivity contribution in [1.82, 2.24) is 4.98 Å². The molecule has 7 heteroatoms. The number of aryl methyl sites for hydroxylation is 2. The Labute approximate surface area is 180 Å². The molecular weight excluding hydrogens is 399 g/mol. The molecule has 30 heavy (non-hydrogen) atoms. The molecule has 3 aromatic rings. The van der Waals surface area contributed by atoms with Crippen LogP contribution in [0.5, 0.6) is 0 Å². The molecule has 0 spiro atoms. The number of halogens is 1. The van der Waals surface area contributed by atoms with E-state index < -0.39 is 0 Å². The highest BCUT2D eigenvalue weighted by Gasteiger charge is 2.24. The summed E-state index contributed by atoms with van der Waals surface area (Å²) in [6.07, 6.45) is 0. The van der Waals surface area contributed by atoms with E-state index in [9.17, 15) is 9.18 Å². The fourth-order valence-corrected chi connectivity index (χ4v) is 4.72. The molecule has 1 amide bonds. The molecule has 0 atom stereocenters. The van der Waals surface area contributed by atoms with Crippen LogP contribution < -0.4 is 15.1 Å². The highest BCUT2D eigenvalue weighted by atomic mass is 32.1. The molecule has 0 bridgehead atoms. The average molecular weight is 426 g/mol. The first-order valence-electron chi connectivity index (χ1n) is 10.1. The summed E-state index contributed by atoms with van der Waals surface area (Å²) in [5, 5.41) is 6.02. The first-order valence-corrected chi connectivity index (χ1v) is 11.0. The van der Waals surface area contributed by atoms with Gasteiger partial charge in [-0.15, -0.1) is 11.3 Å². The van der Waals surface area contributed by atoms with Crippen molar-refractivity contribution in [1.29, 1.82) is 0 Å². The molecular formula is C23H26FN4OS+. The number of quaternary nitrogens is 1. The van der Waals surface area contributed by atoms with Crippen LogP contribution in [0.2, 0.25) is 0 Å². The lowest BCUT2D eigenvalue weighted by molar-refractivity contribution is -0.892. The van der Waals surface area contributed by atoms with Crippen LogP contribution in [0.4, 0.5) is 15.2 Å². The minimum atomic E-state index is -0.241. The Bertz CT molecular complexity index is 1010. The molecule has 1 aliphatic rings. The van der Waals surface area contributed by atoms with Gasteiger partial charge in [0.25, 0.3) is 5.91 Å². The number of hydrogen-bond acceptors (Lipinski definition) is 4. The van der Waals surface area contributed by atoms with Crippen molar-refractivity contribution in [2.24, 2.45) is 0 Å². The van der Waals surface area contributed by atoms with Crippen LogP contribution in [-0.2, 0) is 4.79 Å². The lowest BCUT2D eigenvalue weighted by Crippen LogP contribution is -3.15. The number of nitrogens with zero attached hydrogens (tertiary/aromatic N) is 2. The van der Waals surface area contributed by atoms with Gasteiger partial charge in [0, 0.05) is 16.6 Å². The maximum Gasteiger partial charge on any atom is 0.279 e. The van der Waals surface area contributed by atoms with Crippen molar-refractivity contribution in [2.75, 3.05) is 42.9 Å². The van der Waals surface area contributed by atoms with Gasteiger partial charge in [-0.05, 0) is 61.4 Å². The number of anilines is 2. The fourth-order valence-electron chi connectivity index (χ4n) is 3.83. The number of carbonyl (C=O) groups excluding carboxylic acids is 1. The smallest absolute Gasteiger partial charge is 0.279 e. The first kappa shape index (κ1) is 20.5. The fraction of sp³-hybridized carbons (Fsp3) is 0.304. The van der Waals surface area contributed by atoms with Crippen LogP contribution >= 0.6 is 11.3 Å². The van der Waals surface area contributed by atoms with Gasteiger partial charge in [-0.2, -0.15) is 0 Å². The van der Waals surface area contributed by atoms with Crippen LogP contribution in [0.3, 0.4) is 0 Å². The Morgan fingerprint density at radius 3 is 2.47 bits per heavy atom. The second kappa shape index (κ2) is 8.93. The van der Waals surface area contributed by atoms with Crippen LogP contribution in [0.1, 0.15) is 11.1 Å². The van der Waals surface area contributed by atoms with E-state index in [0.717, 1.165) is 59.4 Å². The topological polar surface area (TPSA) is 49.7 Å². The van der Waals surface area contributed by atoms with Gasteiger partial charge in [0.1, 0.15) is 5.82 Å². The Hall–Kier alpha value is -2.77. The predicted molar refractivity (Wildman–Crippen MR) is 120 cm³/mol. The molecule has 0 unspecified atom stereocenters. The molecule has 1 saturated heterocycles. The summed E-state index contributed by atoms with van der Waals surface area (Å²) < 4.78 is 13.1. The van der Waals surface area contributed by atoms with Crippen molar-refractivity contribution in [3.63, 3.8) is 0 Å². The summed E-state index contributed by atoms with van der Waals surface area (Å²) in [4.78, 5) is 20.7. The van der Waals surface area contributed by atoms with Gasteiger partial charge in [0.05, 0.1) is 31.9 Å². The second-order valence-electron chi connectivity index (χ2n) is 7.86. The Balaban J connectivity index is 1.29. The zero-order valence-electron chi connectivity index (χ0n) is 17.2. The normalized spacial score (nSPS) is 14.7. The summed E-state index contributed by atoms with van der Waals surface area (Å²) in [6.45, 7) is 8.06. The maximum absolute atomic E-state index is 13.1. The summed E-state index contributed by atoms with van der Waals surface area (Å²) in [5.74, 6) is -0.189. The largest absolute Gasteiger partial charge is 0.337 e. The highest BCUT2D eigenvalue weighted by Crippen LogP contribution is 2.27. The third-order valence-electron chi connectivity index (χ3n) is 5.29. The maximum atomic E-state index is 13.1. The molecule has 2 aromatic carbocycles. The third-order valence-corrected chi connectivity index (χ3v) is 6.19. The van der Waals surface area contributed by atoms with Gasteiger partial charge >= 0.3 is 0 Å². The molecule has 0 aliphatic carbocycles. The minimum Gasteiger partial charge on any atom is -0.337 e. The molecule has 4 rings (SSSR count). The van der Waals surface area contributed by atoms with E-state index in [-0.39, 0.29) is 11.7 Å². The number of hydrogen-bond donors (Lipinski definition) is 2. The average Bonchev–Trinajstić information content (AvgIpc) is 3.18. The minimum absolute atomic E-state index is 0.0521. The van der Waals surface area contributed by atoms with Crippen LogP contribution in [0.25, 0.3) is 11.3 Å². The number of amides is 1. The molecule has 0 saturated carbocycles. The molecule has 1 fully saturated rings. The van der Waals surface area contributed by atoms with Gasteiger partial charge < -0.3 is 15.1 Å². The van der Waals surface area contributed by atoms with Gasteiger partial charge in [-0.25, -0.2) is 9.37 Å². The van der Waals surface area contributed by atoms with Crippen LogP contribution in [0.15, 0.2) is 47.8 Å². The zero-order chi connectivity index (χ0) is 21.1. The van der Waals surface area contributed by atoms with Crippen LogP contribution in [-0.4, -0.2) is 43.6 Å². The van der Waals surface area contributed by atoms with E-state index in [1.54, 1.807) is 23.5 Å². The number of thiazole rings is 1. The number of nitrogens with one attached hydrogen (secondary N) is 2. The lowest BCUT2D eigenvalue weighted by atomic mass is 10.1. The monoisotopic (exact) mass is 425 g/mol. The lowest BCUT2D eigenvalue weighted by Gasteiger charge is -2.31. The summed E-state index contributed by atoms with van der Waals surface area (Å²) in [7, 11) is 0. The number of piperazine rings is 1. The summed E-state index contributed by atoms with van der Waals surface area (Å²) in [5.41, 5.74) is 4.96. The predicted octanol–water partition coefficient (Wildman–Crippen LogP) is 2.91. The molecule has 5 nitrogen and oxygen atoms in total.